The summed E-state index contributed by atoms with van der Waals surface area (Å²) in [6.45, 7) is 6.21. The van der Waals surface area contributed by atoms with Crippen molar-refractivity contribution in [1.82, 2.24) is 0 Å². The molecule has 0 saturated carbocycles. The number of methoxy groups -OCH3 is 1. The van der Waals surface area contributed by atoms with Gasteiger partial charge in [-0.2, -0.15) is 0 Å². The Kier molecular flexibility index (Phi) is 4.99. The molecule has 0 aromatic heterocycles. The SMILES string of the molecule is CCN(CC)c1ccc(N=C2C=C(OC)C(N)=CC2=N)cc1. The summed E-state index contributed by atoms with van der Waals surface area (Å²) in [5, 5.41) is 7.97. The van der Waals surface area contributed by atoms with E-state index in [9.17, 15) is 0 Å². The van der Waals surface area contributed by atoms with Crippen molar-refractivity contribution in [3.05, 3.63) is 47.9 Å². The molecule has 0 aliphatic heterocycles. The third kappa shape index (κ3) is 3.36. The van der Waals surface area contributed by atoms with Crippen LogP contribution in [0.25, 0.3) is 0 Å². The van der Waals surface area contributed by atoms with Gasteiger partial charge in [0.25, 0.3) is 0 Å². The van der Waals surface area contributed by atoms with Gasteiger partial charge in [0.2, 0.25) is 0 Å². The summed E-state index contributed by atoms with van der Waals surface area (Å²) < 4.78 is 5.18. The van der Waals surface area contributed by atoms with Gasteiger partial charge in [0, 0.05) is 24.9 Å². The number of rotatable bonds is 5. The van der Waals surface area contributed by atoms with Crippen LogP contribution in [0.3, 0.4) is 0 Å². The molecule has 1 aliphatic rings. The maximum atomic E-state index is 7.97. The first-order valence-electron chi connectivity index (χ1n) is 7.34. The number of anilines is 1. The Bertz CT molecular complexity index is 637. The van der Waals surface area contributed by atoms with Gasteiger partial charge in [0.1, 0.15) is 5.76 Å². The van der Waals surface area contributed by atoms with Crippen LogP contribution in [0, 0.1) is 5.41 Å². The molecule has 0 atom stereocenters. The van der Waals surface area contributed by atoms with Gasteiger partial charge in [-0.25, -0.2) is 4.99 Å². The molecular formula is C17H22N4O. The lowest BCUT2D eigenvalue weighted by Gasteiger charge is -2.20. The number of benzene rings is 1. The fraction of sp³-hybridized carbons (Fsp3) is 0.294. The summed E-state index contributed by atoms with van der Waals surface area (Å²) in [5.74, 6) is 0.537. The number of aliphatic imine (C=N–C) groups is 1. The van der Waals surface area contributed by atoms with E-state index in [2.05, 4.69) is 23.7 Å². The Morgan fingerprint density at radius 3 is 2.32 bits per heavy atom. The number of allylic oxidation sites excluding steroid dienone is 2. The zero-order valence-electron chi connectivity index (χ0n) is 13.3. The Hall–Kier alpha value is -2.56. The molecule has 5 heteroatoms. The van der Waals surface area contributed by atoms with Crippen molar-refractivity contribution in [3.63, 3.8) is 0 Å². The highest BCUT2D eigenvalue weighted by molar-refractivity contribution is 6.50. The van der Waals surface area contributed by atoms with Crippen molar-refractivity contribution in [1.29, 1.82) is 5.41 Å². The van der Waals surface area contributed by atoms with E-state index < -0.39 is 0 Å². The summed E-state index contributed by atoms with van der Waals surface area (Å²) in [5.41, 5.74) is 9.03. The molecule has 0 saturated heterocycles. The average molecular weight is 298 g/mol. The van der Waals surface area contributed by atoms with E-state index >= 15 is 0 Å². The van der Waals surface area contributed by atoms with Crippen LogP contribution in [0.5, 0.6) is 0 Å². The largest absolute Gasteiger partial charge is 0.495 e. The first-order chi connectivity index (χ1) is 10.6. The third-order valence-corrected chi connectivity index (χ3v) is 3.58. The zero-order chi connectivity index (χ0) is 16.1. The summed E-state index contributed by atoms with van der Waals surface area (Å²) in [6, 6.07) is 8.00. The van der Waals surface area contributed by atoms with Crippen LogP contribution in [0.1, 0.15) is 13.8 Å². The Labute approximate surface area is 131 Å². The average Bonchev–Trinajstić information content (AvgIpc) is 2.52. The lowest BCUT2D eigenvalue weighted by Crippen LogP contribution is -2.21. The van der Waals surface area contributed by atoms with E-state index in [4.69, 9.17) is 15.9 Å². The van der Waals surface area contributed by atoms with Crippen LogP contribution in [0.15, 0.2) is 52.9 Å². The first-order valence-corrected chi connectivity index (χ1v) is 7.34. The first kappa shape index (κ1) is 15.8. The number of hydrogen-bond donors (Lipinski definition) is 2. The molecule has 0 unspecified atom stereocenters. The molecular weight excluding hydrogens is 276 g/mol. The van der Waals surface area contributed by atoms with Gasteiger partial charge in [-0.3, -0.25) is 5.41 Å². The van der Waals surface area contributed by atoms with Gasteiger partial charge in [-0.15, -0.1) is 0 Å². The lowest BCUT2D eigenvalue weighted by atomic mass is 10.1. The number of nitrogens with two attached hydrogens (primary N) is 1. The quantitative estimate of drug-likeness (QED) is 0.821. The smallest absolute Gasteiger partial charge is 0.144 e. The molecule has 1 aromatic rings. The lowest BCUT2D eigenvalue weighted by molar-refractivity contribution is 0.300. The molecule has 0 spiro atoms. The fourth-order valence-electron chi connectivity index (χ4n) is 2.32. The van der Waals surface area contributed by atoms with Crippen LogP contribution < -0.4 is 10.6 Å². The van der Waals surface area contributed by atoms with Crippen LogP contribution in [-0.4, -0.2) is 31.6 Å². The van der Waals surface area contributed by atoms with E-state index in [-0.39, 0.29) is 5.71 Å². The van der Waals surface area contributed by atoms with Crippen molar-refractivity contribution in [2.24, 2.45) is 10.7 Å². The highest BCUT2D eigenvalue weighted by Crippen LogP contribution is 2.21. The van der Waals surface area contributed by atoms with E-state index in [1.807, 2.05) is 24.3 Å². The van der Waals surface area contributed by atoms with E-state index in [1.54, 1.807) is 19.3 Å². The van der Waals surface area contributed by atoms with E-state index in [0.29, 0.717) is 17.2 Å². The molecule has 0 amide bonds. The Morgan fingerprint density at radius 2 is 1.77 bits per heavy atom. The van der Waals surface area contributed by atoms with Crippen molar-refractivity contribution >= 4 is 22.8 Å². The third-order valence-electron chi connectivity index (χ3n) is 3.58. The topological polar surface area (TPSA) is 74.7 Å². The maximum Gasteiger partial charge on any atom is 0.144 e. The molecule has 0 radical (unpaired) electrons. The maximum absolute atomic E-state index is 7.97. The predicted octanol–water partition coefficient (Wildman–Crippen LogP) is 3.01. The Morgan fingerprint density at radius 1 is 1.14 bits per heavy atom. The monoisotopic (exact) mass is 298 g/mol. The summed E-state index contributed by atoms with van der Waals surface area (Å²) in [7, 11) is 1.55. The molecule has 0 bridgehead atoms. The van der Waals surface area contributed by atoms with Gasteiger partial charge in [0.15, 0.2) is 0 Å². The van der Waals surface area contributed by atoms with Gasteiger partial charge in [-0.1, -0.05) is 0 Å². The van der Waals surface area contributed by atoms with Crippen molar-refractivity contribution in [2.45, 2.75) is 13.8 Å². The molecule has 1 aromatic carbocycles. The van der Waals surface area contributed by atoms with Crippen LogP contribution >= 0.6 is 0 Å². The zero-order valence-corrected chi connectivity index (χ0v) is 13.3. The van der Waals surface area contributed by atoms with Crippen molar-refractivity contribution in [2.75, 3.05) is 25.1 Å². The van der Waals surface area contributed by atoms with Crippen LogP contribution in [0.2, 0.25) is 0 Å². The molecule has 3 N–H and O–H groups in total. The van der Waals surface area contributed by atoms with Crippen LogP contribution in [0.4, 0.5) is 11.4 Å². The van der Waals surface area contributed by atoms with Gasteiger partial charge < -0.3 is 15.4 Å². The molecule has 5 nitrogen and oxygen atoms in total. The predicted molar refractivity (Wildman–Crippen MR) is 92.2 cm³/mol. The number of hydrogen-bond acceptors (Lipinski definition) is 5. The highest BCUT2D eigenvalue weighted by Gasteiger charge is 2.14. The highest BCUT2D eigenvalue weighted by atomic mass is 16.5. The normalized spacial score (nSPS) is 16.3. The van der Waals surface area contributed by atoms with Crippen molar-refractivity contribution < 1.29 is 4.74 Å². The summed E-state index contributed by atoms with van der Waals surface area (Å²) in [6.07, 6.45) is 3.25. The summed E-state index contributed by atoms with van der Waals surface area (Å²) in [4.78, 5) is 6.77. The molecule has 2 rings (SSSR count). The van der Waals surface area contributed by atoms with Gasteiger partial charge in [-0.05, 0) is 44.2 Å². The van der Waals surface area contributed by atoms with Gasteiger partial charge in [0.05, 0.1) is 29.9 Å². The van der Waals surface area contributed by atoms with Crippen LogP contribution in [-0.2, 0) is 4.74 Å². The molecule has 0 heterocycles. The minimum atomic E-state index is 0.283. The number of nitrogens with zero attached hydrogens (tertiary/aromatic N) is 2. The standard InChI is InChI=1S/C17H22N4O/c1-4-21(5-2)13-8-6-12(7-9-13)20-16-11-17(22-3)15(19)10-14(16)18/h6-11,18H,4-5,19H2,1-3H3. The molecule has 0 fully saturated rings. The van der Waals surface area contributed by atoms with E-state index in [1.165, 1.54) is 5.69 Å². The second-order valence-corrected chi connectivity index (χ2v) is 4.91. The molecule has 1 aliphatic carbocycles. The molecule has 116 valence electrons. The summed E-state index contributed by atoms with van der Waals surface area (Å²) >= 11 is 0. The minimum absolute atomic E-state index is 0.283. The Balaban J connectivity index is 2.26. The van der Waals surface area contributed by atoms with E-state index in [0.717, 1.165) is 18.8 Å². The molecule has 22 heavy (non-hydrogen) atoms. The number of ether oxygens (including phenoxy) is 1. The van der Waals surface area contributed by atoms with Gasteiger partial charge >= 0.3 is 0 Å². The number of nitrogens with one attached hydrogen (secondary N) is 1. The minimum Gasteiger partial charge on any atom is -0.495 e. The van der Waals surface area contributed by atoms with Crippen molar-refractivity contribution in [3.8, 4) is 0 Å². The second-order valence-electron chi connectivity index (χ2n) is 4.91. The fourth-order valence-corrected chi connectivity index (χ4v) is 2.32. The second kappa shape index (κ2) is 6.93.